The van der Waals surface area contributed by atoms with Gasteiger partial charge in [-0.25, -0.2) is 9.59 Å². The van der Waals surface area contributed by atoms with Crippen LogP contribution >= 0.6 is 11.8 Å². The quantitative estimate of drug-likeness (QED) is 0.135. The molecule has 2 fully saturated rings. The molecule has 41 heavy (non-hydrogen) atoms. The molecule has 0 bridgehead atoms. The Kier molecular flexibility index (Phi) is 16.5. The first-order valence-electron chi connectivity index (χ1n) is 16.4. The third-order valence-electron chi connectivity index (χ3n) is 8.71. The number of rotatable bonds is 17. The van der Waals surface area contributed by atoms with Crippen LogP contribution in [0.4, 0.5) is 9.59 Å². The van der Waals surface area contributed by atoms with Crippen molar-refractivity contribution in [2.75, 3.05) is 44.6 Å². The van der Waals surface area contributed by atoms with Gasteiger partial charge in [0, 0.05) is 38.4 Å². The van der Waals surface area contributed by atoms with Crippen molar-refractivity contribution in [3.05, 3.63) is 0 Å². The van der Waals surface area contributed by atoms with Gasteiger partial charge in [-0.15, -0.1) is 11.8 Å². The highest BCUT2D eigenvalue weighted by molar-refractivity contribution is 7.98. The van der Waals surface area contributed by atoms with Crippen LogP contribution in [0.1, 0.15) is 112 Å². The fourth-order valence-electron chi connectivity index (χ4n) is 6.74. The van der Waals surface area contributed by atoms with Crippen molar-refractivity contribution < 1.29 is 18.4 Å². The fraction of sp³-hybridized carbons (Fsp3) is 0.935. The predicted octanol–water partition coefficient (Wildman–Crippen LogP) is 7.12. The summed E-state index contributed by atoms with van der Waals surface area (Å²) in [6, 6.07) is 0.732. The Morgan fingerprint density at radius 3 is 1.93 bits per heavy atom. The lowest BCUT2D eigenvalue weighted by Gasteiger charge is -2.39. The van der Waals surface area contributed by atoms with Crippen LogP contribution in [-0.2, 0) is 8.85 Å². The standard InChI is InChI=1S/C31H62N4O4SSi/c1-8-38-41(7,39-9-2)25-35(28-18-14-11-15-19-28)30(37)33-23-31(4,5)22-26(3)20-21-32-29(36)34(24-40-6)27-16-12-10-13-17-27/h26-28H,8-25H2,1-7H3,(H,32,36)(H,33,37). The van der Waals surface area contributed by atoms with E-state index in [-0.39, 0.29) is 23.5 Å². The molecule has 0 aromatic rings. The SMILES string of the molecule is CCO[Si](C)(CN(C(=O)NCC(C)(C)CC(C)CCNC(=O)N(CSC)C1CCCCC1)C1CCCCC1)OCC. The number of hydrogen-bond donors (Lipinski definition) is 2. The zero-order valence-corrected chi connectivity index (χ0v) is 29.2. The van der Waals surface area contributed by atoms with Gasteiger partial charge < -0.3 is 29.3 Å². The summed E-state index contributed by atoms with van der Waals surface area (Å²) in [6.45, 7) is 15.3. The number of urea groups is 2. The van der Waals surface area contributed by atoms with E-state index in [1.165, 1.54) is 38.5 Å². The Hall–Kier alpha value is -0.973. The summed E-state index contributed by atoms with van der Waals surface area (Å²) in [5.41, 5.74) is -0.0507. The van der Waals surface area contributed by atoms with Crippen LogP contribution in [-0.4, -0.2) is 87.1 Å². The van der Waals surface area contributed by atoms with Gasteiger partial charge in [-0.05, 0) is 76.5 Å². The number of nitrogens with zero attached hydrogens (tertiary/aromatic N) is 2. The molecule has 240 valence electrons. The molecule has 2 aliphatic rings. The van der Waals surface area contributed by atoms with E-state index < -0.39 is 8.56 Å². The minimum atomic E-state index is -2.48. The second kappa shape index (κ2) is 18.6. The number of carbonyl (C=O) groups is 2. The fourth-order valence-corrected chi connectivity index (χ4v) is 9.85. The van der Waals surface area contributed by atoms with Gasteiger partial charge in [0.05, 0.1) is 12.0 Å². The molecule has 0 aromatic heterocycles. The average Bonchev–Trinajstić information content (AvgIpc) is 2.94. The van der Waals surface area contributed by atoms with E-state index >= 15 is 0 Å². The Morgan fingerprint density at radius 1 is 0.902 bits per heavy atom. The second-order valence-electron chi connectivity index (χ2n) is 13.3. The number of thioether (sulfide) groups is 1. The molecule has 0 radical (unpaired) electrons. The van der Waals surface area contributed by atoms with Crippen LogP contribution in [0.2, 0.25) is 6.55 Å². The maximum absolute atomic E-state index is 13.6. The summed E-state index contributed by atoms with van der Waals surface area (Å²) in [6.07, 6.45) is 16.2. The van der Waals surface area contributed by atoms with Crippen molar-refractivity contribution in [1.29, 1.82) is 0 Å². The summed E-state index contributed by atoms with van der Waals surface area (Å²) in [5, 5.41) is 6.49. The molecular weight excluding hydrogens is 553 g/mol. The smallest absolute Gasteiger partial charge is 0.355 e. The lowest BCUT2D eigenvalue weighted by molar-refractivity contribution is 0.132. The number of nitrogens with one attached hydrogen (secondary N) is 2. The summed E-state index contributed by atoms with van der Waals surface area (Å²) in [7, 11) is -2.48. The molecule has 2 rings (SSSR count). The highest BCUT2D eigenvalue weighted by Crippen LogP contribution is 2.28. The zero-order chi connectivity index (χ0) is 30.3. The average molecular weight is 615 g/mol. The van der Waals surface area contributed by atoms with Crippen LogP contribution in [0.5, 0.6) is 0 Å². The van der Waals surface area contributed by atoms with Gasteiger partial charge in [0.15, 0.2) is 0 Å². The molecule has 0 heterocycles. The van der Waals surface area contributed by atoms with E-state index in [0.29, 0.717) is 44.4 Å². The molecule has 2 N–H and O–H groups in total. The van der Waals surface area contributed by atoms with Gasteiger partial charge in [-0.2, -0.15) is 0 Å². The maximum atomic E-state index is 13.6. The highest BCUT2D eigenvalue weighted by Gasteiger charge is 2.39. The van der Waals surface area contributed by atoms with Crippen molar-refractivity contribution in [3.8, 4) is 0 Å². The van der Waals surface area contributed by atoms with Gasteiger partial charge in [-0.3, -0.25) is 0 Å². The molecule has 2 aliphatic carbocycles. The van der Waals surface area contributed by atoms with Crippen LogP contribution in [0, 0.1) is 11.3 Å². The number of amides is 4. The van der Waals surface area contributed by atoms with Crippen molar-refractivity contribution in [1.82, 2.24) is 20.4 Å². The molecule has 1 atom stereocenters. The maximum Gasteiger partial charge on any atom is 0.355 e. The molecule has 10 heteroatoms. The van der Waals surface area contributed by atoms with Crippen LogP contribution in [0.3, 0.4) is 0 Å². The van der Waals surface area contributed by atoms with Crippen LogP contribution in [0.15, 0.2) is 0 Å². The summed E-state index contributed by atoms with van der Waals surface area (Å²) in [4.78, 5) is 30.7. The third kappa shape index (κ3) is 13.1. The van der Waals surface area contributed by atoms with Gasteiger partial charge in [0.2, 0.25) is 0 Å². The Labute approximate surface area is 257 Å². The Morgan fingerprint density at radius 2 is 1.41 bits per heavy atom. The van der Waals surface area contributed by atoms with E-state index in [1.807, 2.05) is 18.7 Å². The second-order valence-corrected chi connectivity index (χ2v) is 17.2. The first-order chi connectivity index (χ1) is 19.5. The van der Waals surface area contributed by atoms with E-state index in [1.54, 1.807) is 11.8 Å². The molecule has 0 spiro atoms. The molecular formula is C31H62N4O4SSi. The largest absolute Gasteiger partial charge is 0.394 e. The van der Waals surface area contributed by atoms with Gasteiger partial charge in [0.1, 0.15) is 0 Å². The number of hydrogen-bond acceptors (Lipinski definition) is 5. The van der Waals surface area contributed by atoms with Crippen molar-refractivity contribution in [2.45, 2.75) is 130 Å². The van der Waals surface area contributed by atoms with Crippen LogP contribution in [0.25, 0.3) is 0 Å². The molecule has 0 aliphatic heterocycles. The third-order valence-corrected chi connectivity index (χ3v) is 12.0. The zero-order valence-electron chi connectivity index (χ0n) is 27.4. The molecule has 2 saturated carbocycles. The molecule has 1 unspecified atom stereocenters. The molecule has 0 saturated heterocycles. The van der Waals surface area contributed by atoms with Crippen LogP contribution < -0.4 is 10.6 Å². The Bertz CT molecular complexity index is 756. The highest BCUT2D eigenvalue weighted by atomic mass is 32.2. The molecule has 4 amide bonds. The first-order valence-corrected chi connectivity index (χ1v) is 20.3. The Balaban J connectivity index is 1.87. The van der Waals surface area contributed by atoms with Gasteiger partial charge >= 0.3 is 20.6 Å². The molecule has 8 nitrogen and oxygen atoms in total. The lowest BCUT2D eigenvalue weighted by atomic mass is 9.82. The van der Waals surface area contributed by atoms with Crippen molar-refractivity contribution in [2.24, 2.45) is 11.3 Å². The monoisotopic (exact) mass is 614 g/mol. The summed E-state index contributed by atoms with van der Waals surface area (Å²) < 4.78 is 12.2. The molecule has 0 aromatic carbocycles. The first kappa shape index (κ1) is 36.2. The topological polar surface area (TPSA) is 83.1 Å². The van der Waals surface area contributed by atoms with Crippen molar-refractivity contribution >= 4 is 32.4 Å². The summed E-state index contributed by atoms with van der Waals surface area (Å²) in [5.74, 6) is 1.19. The normalized spacial score (nSPS) is 18.1. The van der Waals surface area contributed by atoms with Crippen molar-refractivity contribution in [3.63, 3.8) is 0 Å². The lowest BCUT2D eigenvalue weighted by Crippen LogP contribution is -2.58. The van der Waals surface area contributed by atoms with E-state index in [2.05, 4.69) is 49.1 Å². The van der Waals surface area contributed by atoms with E-state index in [0.717, 1.165) is 44.4 Å². The van der Waals surface area contributed by atoms with E-state index in [9.17, 15) is 9.59 Å². The number of carbonyl (C=O) groups excluding carboxylic acids is 2. The van der Waals surface area contributed by atoms with E-state index in [4.69, 9.17) is 8.85 Å². The minimum absolute atomic E-state index is 0.0135. The predicted molar refractivity (Wildman–Crippen MR) is 175 cm³/mol. The van der Waals surface area contributed by atoms with Gasteiger partial charge in [-0.1, -0.05) is 59.3 Å². The van der Waals surface area contributed by atoms with Gasteiger partial charge in [0.25, 0.3) is 0 Å². The minimum Gasteiger partial charge on any atom is -0.394 e. The summed E-state index contributed by atoms with van der Waals surface area (Å²) >= 11 is 1.72.